The van der Waals surface area contributed by atoms with Crippen molar-refractivity contribution >= 4 is 44.9 Å². The number of hydrogen-bond donors (Lipinski definition) is 3. The Labute approximate surface area is 217 Å². The number of aromatic amines is 2. The summed E-state index contributed by atoms with van der Waals surface area (Å²) in [4.78, 5) is 29.7. The van der Waals surface area contributed by atoms with E-state index in [2.05, 4.69) is 53.4 Å². The van der Waals surface area contributed by atoms with Crippen molar-refractivity contribution in [3.63, 3.8) is 0 Å². The highest BCUT2D eigenvalue weighted by molar-refractivity contribution is 7.08. The summed E-state index contributed by atoms with van der Waals surface area (Å²) in [5.41, 5.74) is 7.68. The van der Waals surface area contributed by atoms with Crippen molar-refractivity contribution in [3.8, 4) is 33.9 Å². The van der Waals surface area contributed by atoms with E-state index >= 15 is 0 Å². The van der Waals surface area contributed by atoms with Gasteiger partial charge in [0.05, 0.1) is 40.3 Å². The molecule has 0 fully saturated rings. The lowest BCUT2D eigenvalue weighted by molar-refractivity contribution is -0.117. The van der Waals surface area contributed by atoms with Gasteiger partial charge in [0.25, 0.3) is 0 Å². The van der Waals surface area contributed by atoms with Crippen LogP contribution < -0.4 is 5.32 Å². The van der Waals surface area contributed by atoms with Gasteiger partial charge in [0.1, 0.15) is 5.69 Å². The maximum absolute atomic E-state index is 12.4. The van der Waals surface area contributed by atoms with Gasteiger partial charge in [-0.05, 0) is 46.0 Å². The quantitative estimate of drug-likeness (QED) is 0.241. The molecule has 9 heteroatoms. The van der Waals surface area contributed by atoms with Gasteiger partial charge in [-0.3, -0.25) is 19.9 Å². The van der Waals surface area contributed by atoms with Crippen molar-refractivity contribution < 1.29 is 4.79 Å². The summed E-state index contributed by atoms with van der Waals surface area (Å²) >= 11 is 1.66. The van der Waals surface area contributed by atoms with Crippen LogP contribution in [0.4, 0.5) is 5.69 Å². The van der Waals surface area contributed by atoms with Crippen LogP contribution in [0, 0.1) is 5.41 Å². The van der Waals surface area contributed by atoms with Crippen molar-refractivity contribution in [2.75, 3.05) is 5.32 Å². The molecule has 8 nitrogen and oxygen atoms in total. The highest BCUT2D eigenvalue weighted by Crippen LogP contribution is 2.33. The summed E-state index contributed by atoms with van der Waals surface area (Å²) in [5, 5.41) is 15.6. The molecule has 3 N–H and O–H groups in total. The zero-order valence-electron chi connectivity index (χ0n) is 20.7. The van der Waals surface area contributed by atoms with Crippen molar-refractivity contribution in [3.05, 3.63) is 65.7 Å². The molecule has 5 heterocycles. The van der Waals surface area contributed by atoms with Crippen molar-refractivity contribution in [2.24, 2.45) is 5.41 Å². The van der Waals surface area contributed by atoms with Crippen LogP contribution in [0.1, 0.15) is 27.2 Å². The van der Waals surface area contributed by atoms with E-state index in [1.807, 2.05) is 45.0 Å². The molecule has 184 valence electrons. The molecular weight excluding hydrogens is 482 g/mol. The minimum atomic E-state index is -0.0967. The second kappa shape index (κ2) is 8.94. The van der Waals surface area contributed by atoms with Crippen LogP contribution in [0.5, 0.6) is 0 Å². The lowest BCUT2D eigenvalue weighted by atomic mass is 9.92. The van der Waals surface area contributed by atoms with E-state index in [0.29, 0.717) is 23.6 Å². The third-order valence-electron chi connectivity index (χ3n) is 6.03. The summed E-state index contributed by atoms with van der Waals surface area (Å²) in [6.45, 7) is 6.11. The molecule has 0 aliphatic rings. The number of aromatic nitrogens is 6. The largest absolute Gasteiger partial charge is 0.337 e. The Kier molecular flexibility index (Phi) is 5.57. The number of H-pyrrole nitrogens is 2. The number of anilines is 1. The summed E-state index contributed by atoms with van der Waals surface area (Å²) < 4.78 is 0. The van der Waals surface area contributed by atoms with Gasteiger partial charge in [0.2, 0.25) is 5.91 Å². The summed E-state index contributed by atoms with van der Waals surface area (Å²) in [7, 11) is 0. The topological polar surface area (TPSA) is 112 Å². The van der Waals surface area contributed by atoms with Gasteiger partial charge in [0, 0.05) is 29.1 Å². The zero-order chi connectivity index (χ0) is 25.6. The Hall–Kier alpha value is -4.37. The average molecular weight is 508 g/mol. The second-order valence-electron chi connectivity index (χ2n) is 10.2. The SMILES string of the molecule is CC(C)(C)CC(=O)Nc1cncc(-c2cc3c(-c4nc5c(-c6ccsc6)cccc5[nH]4)n[nH]c3cn2)c1. The van der Waals surface area contributed by atoms with Crippen molar-refractivity contribution in [1.29, 1.82) is 0 Å². The van der Waals surface area contributed by atoms with E-state index < -0.39 is 0 Å². The van der Waals surface area contributed by atoms with Crippen LogP contribution >= 0.6 is 11.3 Å². The predicted octanol–water partition coefficient (Wildman–Crippen LogP) is 6.67. The molecule has 5 aromatic heterocycles. The molecule has 0 saturated carbocycles. The molecule has 6 rings (SSSR count). The molecule has 0 radical (unpaired) electrons. The van der Waals surface area contributed by atoms with E-state index in [0.717, 1.165) is 44.3 Å². The first-order chi connectivity index (χ1) is 17.8. The first-order valence-electron chi connectivity index (χ1n) is 12.0. The van der Waals surface area contributed by atoms with Crippen LogP contribution in [-0.2, 0) is 4.79 Å². The molecule has 0 spiro atoms. The predicted molar refractivity (Wildman–Crippen MR) is 148 cm³/mol. The number of benzene rings is 1. The lowest BCUT2D eigenvalue weighted by Gasteiger charge is -2.17. The lowest BCUT2D eigenvalue weighted by Crippen LogP contribution is -2.19. The van der Waals surface area contributed by atoms with Crippen LogP contribution in [0.15, 0.2) is 65.7 Å². The van der Waals surface area contributed by atoms with E-state index in [9.17, 15) is 4.79 Å². The third-order valence-corrected chi connectivity index (χ3v) is 6.71. The highest BCUT2D eigenvalue weighted by atomic mass is 32.1. The van der Waals surface area contributed by atoms with Gasteiger partial charge >= 0.3 is 0 Å². The number of nitrogens with zero attached hydrogens (tertiary/aromatic N) is 4. The zero-order valence-corrected chi connectivity index (χ0v) is 21.5. The van der Waals surface area contributed by atoms with E-state index in [-0.39, 0.29) is 11.3 Å². The van der Waals surface area contributed by atoms with E-state index in [1.165, 1.54) is 0 Å². The normalized spacial score (nSPS) is 11.9. The Morgan fingerprint density at radius 3 is 2.76 bits per heavy atom. The smallest absolute Gasteiger partial charge is 0.224 e. The first-order valence-corrected chi connectivity index (χ1v) is 12.9. The number of rotatable bonds is 5. The number of nitrogens with one attached hydrogen (secondary N) is 3. The number of thiophene rings is 1. The van der Waals surface area contributed by atoms with Crippen LogP contribution in [-0.4, -0.2) is 36.0 Å². The maximum Gasteiger partial charge on any atom is 0.224 e. The van der Waals surface area contributed by atoms with Gasteiger partial charge in [0.15, 0.2) is 5.82 Å². The van der Waals surface area contributed by atoms with Crippen molar-refractivity contribution in [1.82, 2.24) is 30.1 Å². The Morgan fingerprint density at radius 2 is 1.95 bits per heavy atom. The summed E-state index contributed by atoms with van der Waals surface area (Å²) in [6.07, 6.45) is 5.56. The number of para-hydroxylation sites is 1. The van der Waals surface area contributed by atoms with Gasteiger partial charge in [-0.1, -0.05) is 32.9 Å². The van der Waals surface area contributed by atoms with Gasteiger partial charge in [-0.2, -0.15) is 16.4 Å². The molecule has 1 amide bonds. The Balaban J connectivity index is 1.36. The van der Waals surface area contributed by atoms with Gasteiger partial charge in [-0.25, -0.2) is 4.98 Å². The van der Waals surface area contributed by atoms with Crippen molar-refractivity contribution in [2.45, 2.75) is 27.2 Å². The number of fused-ring (bicyclic) bond motifs is 2. The fraction of sp³-hybridized carbons (Fsp3) is 0.179. The van der Waals surface area contributed by atoms with Crippen LogP contribution in [0.2, 0.25) is 0 Å². The van der Waals surface area contributed by atoms with Gasteiger partial charge in [-0.15, -0.1) is 0 Å². The molecule has 37 heavy (non-hydrogen) atoms. The standard InChI is InChI=1S/C28H25N7OS/c1-28(2,3)11-24(36)31-18-9-17(12-29-13-18)22-10-20-23(14-30-22)34-35-26(20)27-32-21-6-4-5-19(25(21)33-27)16-7-8-37-15-16/h4-10,12-15H,11H2,1-3H3,(H,31,36)(H,32,33)(H,34,35). The second-order valence-corrected chi connectivity index (χ2v) is 11.0. The minimum absolute atomic E-state index is 0.0429. The highest BCUT2D eigenvalue weighted by Gasteiger charge is 2.18. The van der Waals surface area contributed by atoms with E-state index in [4.69, 9.17) is 4.98 Å². The van der Waals surface area contributed by atoms with Gasteiger partial charge < -0.3 is 10.3 Å². The molecular formula is C28H25N7OS. The molecule has 0 bridgehead atoms. The molecule has 0 saturated heterocycles. The number of imidazole rings is 1. The van der Waals surface area contributed by atoms with Crippen LogP contribution in [0.25, 0.3) is 55.8 Å². The molecule has 0 aliphatic carbocycles. The molecule has 6 aromatic rings. The molecule has 1 aromatic carbocycles. The molecule has 0 unspecified atom stereocenters. The fourth-order valence-electron chi connectivity index (χ4n) is 4.39. The number of amides is 1. The summed E-state index contributed by atoms with van der Waals surface area (Å²) in [5.74, 6) is 0.640. The Morgan fingerprint density at radius 1 is 1.05 bits per heavy atom. The summed E-state index contributed by atoms with van der Waals surface area (Å²) in [6, 6.07) is 12.1. The monoisotopic (exact) mass is 507 g/mol. The number of carbonyl (C=O) groups excluding carboxylic acids is 1. The number of pyridine rings is 2. The van der Waals surface area contributed by atoms with E-state index in [1.54, 1.807) is 29.9 Å². The average Bonchev–Trinajstić information content (AvgIpc) is 3.61. The molecule has 0 aliphatic heterocycles. The third kappa shape index (κ3) is 4.61. The fourth-order valence-corrected chi connectivity index (χ4v) is 5.04. The Bertz CT molecular complexity index is 1740. The minimum Gasteiger partial charge on any atom is -0.337 e. The number of hydrogen-bond acceptors (Lipinski definition) is 6. The molecule has 0 atom stereocenters. The number of carbonyl (C=O) groups is 1. The maximum atomic E-state index is 12.4. The first kappa shape index (κ1) is 23.1. The van der Waals surface area contributed by atoms with Crippen LogP contribution in [0.3, 0.4) is 0 Å².